The number of aryl methyl sites for hydroxylation is 2. The van der Waals surface area contributed by atoms with Crippen LogP contribution in [0.3, 0.4) is 0 Å². The van der Waals surface area contributed by atoms with E-state index in [4.69, 9.17) is 9.47 Å². The molecule has 2 heterocycles. The van der Waals surface area contributed by atoms with Gasteiger partial charge in [0.25, 0.3) is 0 Å². The lowest BCUT2D eigenvalue weighted by Crippen LogP contribution is -2.25. The molecular weight excluding hydrogens is 326 g/mol. The minimum absolute atomic E-state index is 0.117. The molecule has 1 aliphatic rings. The summed E-state index contributed by atoms with van der Waals surface area (Å²) in [7, 11) is 0. The van der Waals surface area contributed by atoms with Crippen LogP contribution >= 0.6 is 11.8 Å². The van der Waals surface area contributed by atoms with Gasteiger partial charge in [0.05, 0.1) is 19.3 Å². The Balaban J connectivity index is 1.53. The lowest BCUT2D eigenvalue weighted by Gasteiger charge is -2.12. The molecule has 1 aromatic heterocycles. The maximum atomic E-state index is 11.9. The van der Waals surface area contributed by atoms with Crippen LogP contribution in [-0.4, -0.2) is 39.8 Å². The second kappa shape index (κ2) is 7.90. The van der Waals surface area contributed by atoms with Gasteiger partial charge in [-0.25, -0.2) is 9.89 Å². The van der Waals surface area contributed by atoms with Gasteiger partial charge in [0.1, 0.15) is 5.75 Å². The number of nitrogens with one attached hydrogen (secondary N) is 1. The van der Waals surface area contributed by atoms with Gasteiger partial charge in [0.2, 0.25) is 0 Å². The van der Waals surface area contributed by atoms with Crippen LogP contribution in [0.5, 0.6) is 5.75 Å². The molecule has 0 bridgehead atoms. The van der Waals surface area contributed by atoms with E-state index in [1.54, 1.807) is 4.57 Å². The van der Waals surface area contributed by atoms with Crippen LogP contribution in [0.4, 0.5) is 0 Å². The van der Waals surface area contributed by atoms with Crippen molar-refractivity contribution in [1.82, 2.24) is 14.8 Å². The maximum absolute atomic E-state index is 11.9. The Labute approximate surface area is 145 Å². The first-order valence-corrected chi connectivity index (χ1v) is 9.21. The Morgan fingerprint density at radius 1 is 1.46 bits per heavy atom. The first kappa shape index (κ1) is 17.1. The second-order valence-electron chi connectivity index (χ2n) is 6.02. The minimum atomic E-state index is -0.177. The van der Waals surface area contributed by atoms with Gasteiger partial charge in [-0.3, -0.25) is 4.57 Å². The number of nitrogens with zero attached hydrogens (tertiary/aromatic N) is 2. The van der Waals surface area contributed by atoms with Crippen LogP contribution in [-0.2, 0) is 11.3 Å². The zero-order chi connectivity index (χ0) is 16.9. The Morgan fingerprint density at radius 2 is 2.33 bits per heavy atom. The highest BCUT2D eigenvalue weighted by molar-refractivity contribution is 7.99. The molecule has 1 unspecified atom stereocenters. The summed E-state index contributed by atoms with van der Waals surface area (Å²) >= 11 is 1.52. The zero-order valence-electron chi connectivity index (χ0n) is 14.1. The lowest BCUT2D eigenvalue weighted by atomic mass is 10.1. The number of hydrogen-bond donors (Lipinski definition) is 1. The molecule has 1 fully saturated rings. The van der Waals surface area contributed by atoms with E-state index in [2.05, 4.69) is 29.3 Å². The van der Waals surface area contributed by atoms with Gasteiger partial charge in [-0.1, -0.05) is 23.9 Å². The lowest BCUT2D eigenvalue weighted by molar-refractivity contribution is 0.0941. The van der Waals surface area contributed by atoms with Crippen molar-refractivity contribution in [2.45, 2.75) is 44.5 Å². The largest absolute Gasteiger partial charge is 0.492 e. The third-order valence-electron chi connectivity index (χ3n) is 4.05. The van der Waals surface area contributed by atoms with E-state index in [-0.39, 0.29) is 11.8 Å². The summed E-state index contributed by atoms with van der Waals surface area (Å²) in [6.45, 7) is 6.00. The molecule has 7 heteroatoms. The summed E-state index contributed by atoms with van der Waals surface area (Å²) in [6.07, 6.45) is 2.17. The molecule has 1 saturated heterocycles. The Morgan fingerprint density at radius 3 is 3.12 bits per heavy atom. The van der Waals surface area contributed by atoms with Crippen molar-refractivity contribution in [3.8, 4) is 5.75 Å². The normalized spacial score (nSPS) is 17.3. The SMILES string of the molecule is Cc1ccc(C)c(OCCSc2n[nH]c(=O)n2CC2CCCO2)c1. The Kier molecular flexibility index (Phi) is 5.63. The Hall–Kier alpha value is -1.73. The van der Waals surface area contributed by atoms with Crippen molar-refractivity contribution < 1.29 is 9.47 Å². The molecule has 1 atom stereocenters. The van der Waals surface area contributed by atoms with Gasteiger partial charge in [-0.2, -0.15) is 0 Å². The number of benzene rings is 1. The fraction of sp³-hybridized carbons (Fsp3) is 0.529. The molecule has 1 N–H and O–H groups in total. The topological polar surface area (TPSA) is 69.1 Å². The smallest absolute Gasteiger partial charge is 0.344 e. The fourth-order valence-electron chi connectivity index (χ4n) is 2.71. The van der Waals surface area contributed by atoms with Crippen molar-refractivity contribution in [2.24, 2.45) is 0 Å². The number of hydrogen-bond acceptors (Lipinski definition) is 5. The van der Waals surface area contributed by atoms with E-state index in [0.717, 1.165) is 36.5 Å². The molecule has 2 aromatic rings. The minimum Gasteiger partial charge on any atom is -0.492 e. The van der Waals surface area contributed by atoms with E-state index in [1.165, 1.54) is 17.3 Å². The number of thioether (sulfide) groups is 1. The predicted molar refractivity (Wildman–Crippen MR) is 94.0 cm³/mol. The summed E-state index contributed by atoms with van der Waals surface area (Å²) in [4.78, 5) is 11.9. The van der Waals surface area contributed by atoms with Crippen molar-refractivity contribution >= 4 is 11.8 Å². The van der Waals surface area contributed by atoms with Gasteiger partial charge in [-0.15, -0.1) is 5.10 Å². The van der Waals surface area contributed by atoms with E-state index < -0.39 is 0 Å². The summed E-state index contributed by atoms with van der Waals surface area (Å²) in [5.74, 6) is 1.64. The van der Waals surface area contributed by atoms with Crippen LogP contribution in [0.15, 0.2) is 28.2 Å². The third-order valence-corrected chi connectivity index (χ3v) is 4.99. The van der Waals surface area contributed by atoms with Crippen molar-refractivity contribution in [2.75, 3.05) is 19.0 Å². The van der Waals surface area contributed by atoms with E-state index in [0.29, 0.717) is 18.3 Å². The van der Waals surface area contributed by atoms with Crippen LogP contribution in [0.1, 0.15) is 24.0 Å². The number of aromatic nitrogens is 3. The molecule has 1 aliphatic heterocycles. The molecule has 3 rings (SSSR count). The molecule has 24 heavy (non-hydrogen) atoms. The van der Waals surface area contributed by atoms with E-state index in [1.807, 2.05) is 13.0 Å². The average molecular weight is 349 g/mol. The van der Waals surface area contributed by atoms with Gasteiger partial charge < -0.3 is 9.47 Å². The molecule has 130 valence electrons. The molecule has 0 spiro atoms. The van der Waals surface area contributed by atoms with Crippen molar-refractivity contribution in [3.05, 3.63) is 39.8 Å². The first-order chi connectivity index (χ1) is 11.6. The van der Waals surface area contributed by atoms with Crippen LogP contribution < -0.4 is 10.4 Å². The molecule has 0 saturated carbocycles. The van der Waals surface area contributed by atoms with Crippen molar-refractivity contribution in [1.29, 1.82) is 0 Å². The van der Waals surface area contributed by atoms with Gasteiger partial charge >= 0.3 is 5.69 Å². The van der Waals surface area contributed by atoms with Gasteiger partial charge in [0, 0.05) is 12.4 Å². The first-order valence-electron chi connectivity index (χ1n) is 8.23. The highest BCUT2D eigenvalue weighted by Gasteiger charge is 2.19. The van der Waals surface area contributed by atoms with Gasteiger partial charge in [0.15, 0.2) is 5.16 Å². The standard InChI is InChI=1S/C17H23N3O3S/c1-12-5-6-13(2)15(10-12)23-8-9-24-17-19-18-16(21)20(17)11-14-4-3-7-22-14/h5-6,10,14H,3-4,7-9,11H2,1-2H3,(H,18,21). The van der Waals surface area contributed by atoms with Crippen LogP contribution in [0.2, 0.25) is 0 Å². The van der Waals surface area contributed by atoms with Crippen LogP contribution in [0, 0.1) is 13.8 Å². The average Bonchev–Trinajstić information content (AvgIpc) is 3.19. The second-order valence-corrected chi connectivity index (χ2v) is 7.08. The monoisotopic (exact) mass is 349 g/mol. The highest BCUT2D eigenvalue weighted by Crippen LogP contribution is 2.21. The molecule has 0 radical (unpaired) electrons. The number of aromatic amines is 1. The number of rotatable bonds is 7. The molecular formula is C17H23N3O3S. The molecule has 1 aromatic carbocycles. The van der Waals surface area contributed by atoms with E-state index >= 15 is 0 Å². The third kappa shape index (κ3) is 4.21. The predicted octanol–water partition coefficient (Wildman–Crippen LogP) is 2.54. The highest BCUT2D eigenvalue weighted by atomic mass is 32.2. The quantitative estimate of drug-likeness (QED) is 0.614. The number of ether oxygens (including phenoxy) is 2. The molecule has 0 aliphatic carbocycles. The van der Waals surface area contributed by atoms with Crippen molar-refractivity contribution in [3.63, 3.8) is 0 Å². The Bertz CT molecular complexity index is 735. The summed E-state index contributed by atoms with van der Waals surface area (Å²) in [6, 6.07) is 6.18. The summed E-state index contributed by atoms with van der Waals surface area (Å²) in [5.41, 5.74) is 2.13. The summed E-state index contributed by atoms with van der Waals surface area (Å²) in [5, 5.41) is 7.33. The summed E-state index contributed by atoms with van der Waals surface area (Å²) < 4.78 is 13.1. The fourth-order valence-corrected chi connectivity index (χ4v) is 3.49. The van der Waals surface area contributed by atoms with E-state index in [9.17, 15) is 4.79 Å². The zero-order valence-corrected chi connectivity index (χ0v) is 14.9. The number of H-pyrrole nitrogens is 1. The van der Waals surface area contributed by atoms with Crippen LogP contribution in [0.25, 0.3) is 0 Å². The van der Waals surface area contributed by atoms with Gasteiger partial charge in [-0.05, 0) is 43.9 Å². The maximum Gasteiger partial charge on any atom is 0.344 e. The molecule has 0 amide bonds. The molecule has 6 nitrogen and oxygen atoms in total.